The van der Waals surface area contributed by atoms with E-state index in [0.717, 1.165) is 18.7 Å². The van der Waals surface area contributed by atoms with Crippen LogP contribution in [0.25, 0.3) is 11.3 Å². The molecule has 0 saturated carbocycles. The number of anilines is 1. The van der Waals surface area contributed by atoms with Gasteiger partial charge in [0.25, 0.3) is 5.91 Å². The number of hydrogen-bond donors (Lipinski definition) is 2. The van der Waals surface area contributed by atoms with E-state index in [9.17, 15) is 9.59 Å². The molecule has 0 atom stereocenters. The van der Waals surface area contributed by atoms with Gasteiger partial charge in [-0.05, 0) is 24.3 Å². The third-order valence-corrected chi connectivity index (χ3v) is 5.65. The molecule has 2 N–H and O–H groups in total. The van der Waals surface area contributed by atoms with E-state index in [1.807, 2.05) is 35.2 Å². The van der Waals surface area contributed by atoms with Crippen molar-refractivity contribution in [2.45, 2.75) is 6.42 Å². The topological polar surface area (TPSA) is 81.3 Å². The number of para-hydroxylation sites is 1. The zero-order valence-electron chi connectivity index (χ0n) is 17.1. The summed E-state index contributed by atoms with van der Waals surface area (Å²) in [7, 11) is 0. The number of piperazine rings is 1. The lowest BCUT2D eigenvalue weighted by Gasteiger charge is -2.36. The lowest BCUT2D eigenvalue weighted by atomic mass is 10.1. The molecule has 4 rings (SSSR count). The molecule has 2 aromatic carbocycles. The second-order valence-corrected chi connectivity index (χ2v) is 7.81. The van der Waals surface area contributed by atoms with Crippen molar-refractivity contribution in [3.63, 3.8) is 0 Å². The van der Waals surface area contributed by atoms with Gasteiger partial charge in [-0.25, -0.2) is 0 Å². The molecule has 0 spiro atoms. The van der Waals surface area contributed by atoms with E-state index in [0.29, 0.717) is 29.4 Å². The standard InChI is InChI=1S/C23H24ClN5O2/c24-18-8-6-17(7-9-18)22-20(16-26-27-22)23(31)25-11-10-21(30)29-14-12-28(13-15-29)19-4-2-1-3-5-19/h1-9,16H,10-15H2,(H,25,31)(H,26,27). The van der Waals surface area contributed by atoms with E-state index in [1.165, 1.54) is 11.9 Å². The molecule has 2 amide bonds. The SMILES string of the molecule is O=C(NCCC(=O)N1CCN(c2ccccc2)CC1)c1cn[nH]c1-c1ccc(Cl)cc1. The van der Waals surface area contributed by atoms with Crippen LogP contribution in [0.15, 0.2) is 60.8 Å². The van der Waals surface area contributed by atoms with Crippen molar-refractivity contribution in [1.82, 2.24) is 20.4 Å². The zero-order chi connectivity index (χ0) is 21.6. The van der Waals surface area contributed by atoms with Crippen LogP contribution in [-0.4, -0.2) is 59.6 Å². The average molecular weight is 438 g/mol. The largest absolute Gasteiger partial charge is 0.368 e. The van der Waals surface area contributed by atoms with Crippen LogP contribution in [0.4, 0.5) is 5.69 Å². The first-order valence-corrected chi connectivity index (χ1v) is 10.6. The molecule has 0 radical (unpaired) electrons. The number of aromatic nitrogens is 2. The highest BCUT2D eigenvalue weighted by atomic mass is 35.5. The normalized spacial score (nSPS) is 13.8. The number of nitrogens with zero attached hydrogens (tertiary/aromatic N) is 3. The number of H-pyrrole nitrogens is 1. The first kappa shape index (κ1) is 20.9. The Morgan fingerprint density at radius 3 is 2.42 bits per heavy atom. The Morgan fingerprint density at radius 2 is 1.71 bits per heavy atom. The van der Waals surface area contributed by atoms with Gasteiger partial charge in [-0.2, -0.15) is 5.10 Å². The smallest absolute Gasteiger partial charge is 0.255 e. The molecular formula is C23H24ClN5O2. The minimum Gasteiger partial charge on any atom is -0.368 e. The first-order chi connectivity index (χ1) is 15.1. The number of carbonyl (C=O) groups is 2. The molecule has 1 aliphatic rings. The summed E-state index contributed by atoms with van der Waals surface area (Å²) in [6.07, 6.45) is 1.76. The Bertz CT molecular complexity index is 1030. The maximum absolute atomic E-state index is 12.6. The van der Waals surface area contributed by atoms with Gasteiger partial charge < -0.3 is 15.1 Å². The minimum atomic E-state index is -0.264. The fourth-order valence-corrected chi connectivity index (χ4v) is 3.81. The van der Waals surface area contributed by atoms with Gasteiger partial charge in [-0.3, -0.25) is 14.7 Å². The van der Waals surface area contributed by atoms with Crippen molar-refractivity contribution in [3.05, 3.63) is 71.4 Å². The molecule has 8 heteroatoms. The van der Waals surface area contributed by atoms with Crippen molar-refractivity contribution >= 4 is 29.1 Å². The van der Waals surface area contributed by atoms with Crippen molar-refractivity contribution in [2.75, 3.05) is 37.6 Å². The Labute approximate surface area is 186 Å². The number of aromatic amines is 1. The molecule has 1 saturated heterocycles. The van der Waals surface area contributed by atoms with Crippen molar-refractivity contribution < 1.29 is 9.59 Å². The van der Waals surface area contributed by atoms with Crippen LogP contribution < -0.4 is 10.2 Å². The third-order valence-electron chi connectivity index (χ3n) is 5.40. The molecule has 160 valence electrons. The second kappa shape index (κ2) is 9.66. The summed E-state index contributed by atoms with van der Waals surface area (Å²) in [4.78, 5) is 29.3. The third kappa shape index (κ3) is 5.06. The van der Waals surface area contributed by atoms with Gasteiger partial charge in [0.2, 0.25) is 5.91 Å². The molecule has 1 aromatic heterocycles. The lowest BCUT2D eigenvalue weighted by Crippen LogP contribution is -2.49. The van der Waals surface area contributed by atoms with Crippen LogP contribution in [0.2, 0.25) is 5.02 Å². The summed E-state index contributed by atoms with van der Waals surface area (Å²) >= 11 is 5.93. The monoisotopic (exact) mass is 437 g/mol. The van der Waals surface area contributed by atoms with Crippen LogP contribution in [0.1, 0.15) is 16.8 Å². The molecular weight excluding hydrogens is 414 g/mol. The first-order valence-electron chi connectivity index (χ1n) is 10.3. The number of rotatable bonds is 6. The fraction of sp³-hybridized carbons (Fsp3) is 0.261. The molecule has 2 heterocycles. The van der Waals surface area contributed by atoms with Gasteiger partial charge in [0.1, 0.15) is 0 Å². The Hall–Kier alpha value is -3.32. The highest BCUT2D eigenvalue weighted by molar-refractivity contribution is 6.30. The van der Waals surface area contributed by atoms with Crippen molar-refractivity contribution in [3.8, 4) is 11.3 Å². The van der Waals surface area contributed by atoms with Gasteiger partial charge in [-0.15, -0.1) is 0 Å². The molecule has 7 nitrogen and oxygen atoms in total. The maximum atomic E-state index is 12.6. The van der Waals surface area contributed by atoms with E-state index in [1.54, 1.807) is 12.1 Å². The lowest BCUT2D eigenvalue weighted by molar-refractivity contribution is -0.131. The predicted molar refractivity (Wildman–Crippen MR) is 121 cm³/mol. The van der Waals surface area contributed by atoms with Crippen molar-refractivity contribution in [1.29, 1.82) is 0 Å². The van der Waals surface area contributed by atoms with Crippen molar-refractivity contribution in [2.24, 2.45) is 0 Å². The Morgan fingerprint density at radius 1 is 1.00 bits per heavy atom. The van der Waals surface area contributed by atoms with E-state index < -0.39 is 0 Å². The van der Waals surface area contributed by atoms with E-state index >= 15 is 0 Å². The van der Waals surface area contributed by atoms with E-state index in [-0.39, 0.29) is 24.8 Å². The van der Waals surface area contributed by atoms with E-state index in [4.69, 9.17) is 11.6 Å². The Balaban J connectivity index is 1.26. The van der Waals surface area contributed by atoms with Crippen LogP contribution >= 0.6 is 11.6 Å². The molecule has 0 aliphatic carbocycles. The van der Waals surface area contributed by atoms with Gasteiger partial charge >= 0.3 is 0 Å². The molecule has 1 fully saturated rings. The molecule has 3 aromatic rings. The van der Waals surface area contributed by atoms with Crippen LogP contribution in [0.3, 0.4) is 0 Å². The Kier molecular flexibility index (Phi) is 6.52. The number of amides is 2. The van der Waals surface area contributed by atoms with Gasteiger partial charge in [0, 0.05) is 55.4 Å². The van der Waals surface area contributed by atoms with Crippen LogP contribution in [-0.2, 0) is 4.79 Å². The number of hydrogen-bond acceptors (Lipinski definition) is 4. The summed E-state index contributed by atoms with van der Waals surface area (Å²) in [6, 6.07) is 17.4. The highest BCUT2D eigenvalue weighted by Crippen LogP contribution is 2.23. The summed E-state index contributed by atoms with van der Waals surface area (Å²) < 4.78 is 0. The number of halogens is 1. The maximum Gasteiger partial charge on any atom is 0.255 e. The van der Waals surface area contributed by atoms with Gasteiger partial charge in [0.15, 0.2) is 0 Å². The number of carbonyl (C=O) groups excluding carboxylic acids is 2. The highest BCUT2D eigenvalue weighted by Gasteiger charge is 2.21. The van der Waals surface area contributed by atoms with Gasteiger partial charge in [-0.1, -0.05) is 41.9 Å². The van der Waals surface area contributed by atoms with E-state index in [2.05, 4.69) is 32.5 Å². The summed E-state index contributed by atoms with van der Waals surface area (Å²) in [5.41, 5.74) is 3.06. The number of benzene rings is 2. The minimum absolute atomic E-state index is 0.0538. The summed E-state index contributed by atoms with van der Waals surface area (Å²) in [5.74, 6) is -0.210. The molecule has 0 bridgehead atoms. The van der Waals surface area contributed by atoms with Gasteiger partial charge in [0.05, 0.1) is 17.5 Å². The summed E-state index contributed by atoms with van der Waals surface area (Å²) in [6.45, 7) is 3.26. The van der Waals surface area contributed by atoms with Crippen LogP contribution in [0, 0.1) is 0 Å². The molecule has 1 aliphatic heterocycles. The average Bonchev–Trinajstić information content (AvgIpc) is 3.30. The predicted octanol–water partition coefficient (Wildman–Crippen LogP) is 3.20. The summed E-state index contributed by atoms with van der Waals surface area (Å²) in [5, 5.41) is 10.3. The van der Waals surface area contributed by atoms with Crippen LogP contribution in [0.5, 0.6) is 0 Å². The number of nitrogens with one attached hydrogen (secondary N) is 2. The molecule has 0 unspecified atom stereocenters. The quantitative estimate of drug-likeness (QED) is 0.620. The second-order valence-electron chi connectivity index (χ2n) is 7.37. The zero-order valence-corrected chi connectivity index (χ0v) is 17.8. The molecule has 31 heavy (non-hydrogen) atoms. The fourth-order valence-electron chi connectivity index (χ4n) is 3.68.